The summed E-state index contributed by atoms with van der Waals surface area (Å²) < 4.78 is 19.6. The maximum atomic E-state index is 13.6. The first-order valence-electron chi connectivity index (χ1n) is 5.92. The fourth-order valence-corrected chi connectivity index (χ4v) is 2.31. The summed E-state index contributed by atoms with van der Waals surface area (Å²) in [5, 5.41) is 0. The van der Waals surface area contributed by atoms with Crippen LogP contribution in [0.2, 0.25) is 0 Å². The number of ether oxygens (including phenoxy) is 1. The molecule has 1 aliphatic carbocycles. The Morgan fingerprint density at radius 3 is 2.75 bits per heavy atom. The van der Waals surface area contributed by atoms with E-state index in [1.54, 1.807) is 6.07 Å². The smallest absolute Gasteiger partial charge is 0.126 e. The maximum Gasteiger partial charge on any atom is 0.126 e. The molecule has 0 N–H and O–H groups in total. The van der Waals surface area contributed by atoms with E-state index in [0.717, 1.165) is 30.4 Å². The second kappa shape index (κ2) is 4.17. The molecule has 2 heteroatoms. The third kappa shape index (κ3) is 2.43. The molecule has 1 atom stereocenters. The molecule has 2 rings (SSSR count). The number of fused-ring (bicyclic) bond motifs is 1. The van der Waals surface area contributed by atoms with Crippen molar-refractivity contribution in [3.8, 4) is 0 Å². The van der Waals surface area contributed by atoms with Crippen molar-refractivity contribution in [3.63, 3.8) is 0 Å². The zero-order chi connectivity index (χ0) is 11.8. The van der Waals surface area contributed by atoms with E-state index < -0.39 is 0 Å². The van der Waals surface area contributed by atoms with E-state index in [0.29, 0.717) is 0 Å². The van der Waals surface area contributed by atoms with E-state index in [-0.39, 0.29) is 17.5 Å². The monoisotopic (exact) mass is 222 g/mol. The molecule has 0 radical (unpaired) electrons. The van der Waals surface area contributed by atoms with Gasteiger partial charge in [0, 0.05) is 0 Å². The van der Waals surface area contributed by atoms with Gasteiger partial charge in [-0.3, -0.25) is 0 Å². The highest BCUT2D eigenvalue weighted by molar-refractivity contribution is 5.32. The van der Waals surface area contributed by atoms with Crippen molar-refractivity contribution in [2.45, 2.75) is 51.7 Å². The third-order valence-corrected chi connectivity index (χ3v) is 2.89. The van der Waals surface area contributed by atoms with Crippen molar-refractivity contribution in [1.82, 2.24) is 0 Å². The summed E-state index contributed by atoms with van der Waals surface area (Å²) in [7, 11) is 0. The first kappa shape index (κ1) is 11.6. The molecule has 1 aromatic carbocycles. The molecule has 0 heterocycles. The van der Waals surface area contributed by atoms with Gasteiger partial charge in [-0.2, -0.15) is 0 Å². The van der Waals surface area contributed by atoms with Gasteiger partial charge in [0.25, 0.3) is 0 Å². The van der Waals surface area contributed by atoms with Crippen LogP contribution in [0.3, 0.4) is 0 Å². The van der Waals surface area contributed by atoms with Crippen molar-refractivity contribution in [2.75, 3.05) is 0 Å². The number of hydrogen-bond acceptors (Lipinski definition) is 1. The van der Waals surface area contributed by atoms with Gasteiger partial charge in [0.15, 0.2) is 0 Å². The van der Waals surface area contributed by atoms with Gasteiger partial charge in [-0.05, 0) is 57.2 Å². The zero-order valence-corrected chi connectivity index (χ0v) is 10.2. The minimum absolute atomic E-state index is 0.0550. The van der Waals surface area contributed by atoms with E-state index >= 15 is 0 Å². The molecular weight excluding hydrogens is 203 g/mol. The Morgan fingerprint density at radius 1 is 1.31 bits per heavy atom. The molecule has 1 aliphatic rings. The average Bonchev–Trinajstić information content (AvgIpc) is 2.17. The number of benzene rings is 1. The summed E-state index contributed by atoms with van der Waals surface area (Å²) >= 11 is 0. The van der Waals surface area contributed by atoms with Gasteiger partial charge in [0.2, 0.25) is 0 Å². The van der Waals surface area contributed by atoms with Gasteiger partial charge < -0.3 is 4.74 Å². The summed E-state index contributed by atoms with van der Waals surface area (Å²) in [5.41, 5.74) is 1.72. The molecule has 0 saturated carbocycles. The first-order chi connectivity index (χ1) is 7.47. The highest BCUT2D eigenvalue weighted by atomic mass is 19.1. The highest BCUT2D eigenvalue weighted by Crippen LogP contribution is 2.36. The lowest BCUT2D eigenvalue weighted by Crippen LogP contribution is -2.25. The SMILES string of the molecule is CC(C)(C)OC1CCCc2c(F)cccc21. The fourth-order valence-electron chi connectivity index (χ4n) is 2.31. The van der Waals surface area contributed by atoms with Crippen molar-refractivity contribution >= 4 is 0 Å². The number of rotatable bonds is 1. The van der Waals surface area contributed by atoms with Crippen LogP contribution in [0.5, 0.6) is 0 Å². The van der Waals surface area contributed by atoms with Crippen LogP contribution in [-0.2, 0) is 11.2 Å². The van der Waals surface area contributed by atoms with Crippen molar-refractivity contribution in [3.05, 3.63) is 35.1 Å². The molecule has 0 aromatic heterocycles. The van der Waals surface area contributed by atoms with Gasteiger partial charge in [0.05, 0.1) is 11.7 Å². The lowest BCUT2D eigenvalue weighted by atomic mass is 9.88. The van der Waals surface area contributed by atoms with Gasteiger partial charge in [-0.1, -0.05) is 12.1 Å². The average molecular weight is 222 g/mol. The van der Waals surface area contributed by atoms with E-state index in [9.17, 15) is 4.39 Å². The van der Waals surface area contributed by atoms with Crippen LogP contribution < -0.4 is 0 Å². The van der Waals surface area contributed by atoms with Crippen molar-refractivity contribution < 1.29 is 9.13 Å². The van der Waals surface area contributed by atoms with E-state index in [4.69, 9.17) is 4.74 Å². The minimum atomic E-state index is -0.175. The fraction of sp³-hybridized carbons (Fsp3) is 0.571. The predicted molar refractivity (Wildman–Crippen MR) is 62.9 cm³/mol. The predicted octanol–water partition coefficient (Wildman–Crippen LogP) is 4.02. The summed E-state index contributed by atoms with van der Waals surface area (Å²) in [6.45, 7) is 6.13. The second-order valence-corrected chi connectivity index (χ2v) is 5.42. The summed E-state index contributed by atoms with van der Waals surface area (Å²) in [6, 6.07) is 5.31. The Morgan fingerprint density at radius 2 is 2.06 bits per heavy atom. The van der Waals surface area contributed by atoms with Crippen LogP contribution in [0.15, 0.2) is 18.2 Å². The molecular formula is C14H19FO. The van der Waals surface area contributed by atoms with Crippen LogP contribution in [-0.4, -0.2) is 5.60 Å². The Hall–Kier alpha value is -0.890. The van der Waals surface area contributed by atoms with Gasteiger partial charge in [0.1, 0.15) is 5.82 Å². The van der Waals surface area contributed by atoms with Crippen LogP contribution in [0.4, 0.5) is 4.39 Å². The van der Waals surface area contributed by atoms with Gasteiger partial charge in [-0.15, -0.1) is 0 Å². The molecule has 1 aromatic rings. The summed E-state index contributed by atoms with van der Waals surface area (Å²) in [6.07, 6.45) is 2.90. The Balaban J connectivity index is 2.30. The topological polar surface area (TPSA) is 9.23 Å². The summed E-state index contributed by atoms with van der Waals surface area (Å²) in [5.74, 6) is -0.0836. The lowest BCUT2D eigenvalue weighted by Gasteiger charge is -2.32. The lowest BCUT2D eigenvalue weighted by molar-refractivity contribution is -0.0686. The van der Waals surface area contributed by atoms with E-state index in [1.165, 1.54) is 6.07 Å². The third-order valence-electron chi connectivity index (χ3n) is 2.89. The Labute approximate surface area is 96.6 Å². The minimum Gasteiger partial charge on any atom is -0.368 e. The standard InChI is InChI=1S/C14H19FO/c1-14(2,3)16-13-9-5-6-10-11(13)7-4-8-12(10)15/h4,7-8,13H,5-6,9H2,1-3H3. The molecule has 1 unspecified atom stereocenters. The molecule has 0 aliphatic heterocycles. The van der Waals surface area contributed by atoms with Crippen LogP contribution in [0, 0.1) is 5.82 Å². The molecule has 0 fully saturated rings. The van der Waals surface area contributed by atoms with Crippen LogP contribution >= 0.6 is 0 Å². The van der Waals surface area contributed by atoms with Gasteiger partial charge in [-0.25, -0.2) is 4.39 Å². The highest BCUT2D eigenvalue weighted by Gasteiger charge is 2.26. The zero-order valence-electron chi connectivity index (χ0n) is 10.2. The maximum absolute atomic E-state index is 13.6. The molecule has 0 spiro atoms. The Bertz CT molecular complexity index is 379. The van der Waals surface area contributed by atoms with Gasteiger partial charge >= 0.3 is 0 Å². The normalized spacial score (nSPS) is 20.6. The van der Waals surface area contributed by atoms with Crippen LogP contribution in [0.25, 0.3) is 0 Å². The largest absolute Gasteiger partial charge is 0.368 e. The number of hydrogen-bond donors (Lipinski definition) is 0. The molecule has 0 amide bonds. The van der Waals surface area contributed by atoms with E-state index in [1.807, 2.05) is 26.8 Å². The molecule has 88 valence electrons. The number of halogens is 1. The first-order valence-corrected chi connectivity index (χ1v) is 5.92. The molecule has 0 saturated heterocycles. The van der Waals surface area contributed by atoms with Crippen LogP contribution in [0.1, 0.15) is 50.8 Å². The Kier molecular flexibility index (Phi) is 3.02. The quantitative estimate of drug-likeness (QED) is 0.697. The molecule has 16 heavy (non-hydrogen) atoms. The van der Waals surface area contributed by atoms with E-state index in [2.05, 4.69) is 0 Å². The molecule has 0 bridgehead atoms. The molecule has 1 nitrogen and oxygen atoms in total. The summed E-state index contributed by atoms with van der Waals surface area (Å²) in [4.78, 5) is 0. The van der Waals surface area contributed by atoms with Crippen molar-refractivity contribution in [2.24, 2.45) is 0 Å². The van der Waals surface area contributed by atoms with Crippen molar-refractivity contribution in [1.29, 1.82) is 0 Å². The second-order valence-electron chi connectivity index (χ2n) is 5.42.